The molecule has 1 N–H and O–H groups in total. The van der Waals surface area contributed by atoms with Crippen molar-refractivity contribution in [3.63, 3.8) is 0 Å². The lowest BCUT2D eigenvalue weighted by Crippen LogP contribution is -2.22. The second-order valence-electron chi connectivity index (χ2n) is 7.21. The van der Waals surface area contributed by atoms with E-state index in [9.17, 15) is 28.6 Å². The summed E-state index contributed by atoms with van der Waals surface area (Å²) >= 11 is 0. The van der Waals surface area contributed by atoms with Crippen LogP contribution in [0.1, 0.15) is 16.7 Å². The van der Waals surface area contributed by atoms with Crippen molar-refractivity contribution in [2.24, 2.45) is 0 Å². The maximum atomic E-state index is 10.8. The lowest BCUT2D eigenvalue weighted by molar-refractivity contribution is -0.385. The summed E-state index contributed by atoms with van der Waals surface area (Å²) in [6.45, 7) is 1.89. The molecule has 0 spiro atoms. The molecule has 0 unspecified atom stereocenters. The van der Waals surface area contributed by atoms with Crippen LogP contribution in [-0.4, -0.2) is 34.0 Å². The number of nitrogens with zero attached hydrogens (tertiary/aromatic N) is 3. The van der Waals surface area contributed by atoms with Crippen LogP contribution in [0.5, 0.6) is 0 Å². The zero-order valence-corrected chi connectivity index (χ0v) is 18.6. The minimum Gasteiger partial charge on any atom is -0.291 e. The first-order chi connectivity index (χ1) is 15.5. The number of rotatable bonds is 8. The largest absolute Gasteiger partial charge is 0.291 e. The van der Waals surface area contributed by atoms with Crippen LogP contribution in [0.3, 0.4) is 0 Å². The van der Waals surface area contributed by atoms with Crippen LogP contribution >= 0.6 is 0 Å². The van der Waals surface area contributed by atoms with Gasteiger partial charge in [-0.1, -0.05) is 54.6 Å². The Balaban J connectivity index is 0.000000696. The highest BCUT2D eigenvalue weighted by Crippen LogP contribution is 2.19. The van der Waals surface area contributed by atoms with E-state index in [4.69, 9.17) is 4.55 Å². The average Bonchev–Trinajstić information content (AvgIpc) is 2.74. The summed E-state index contributed by atoms with van der Waals surface area (Å²) in [6.07, 6.45) is 0.715. The minimum absolute atomic E-state index is 0.0636. The van der Waals surface area contributed by atoms with Gasteiger partial charge in [0.25, 0.3) is 21.5 Å². The second kappa shape index (κ2) is 11.8. The molecule has 0 radical (unpaired) electrons. The number of benzene rings is 3. The normalized spacial score (nSPS) is 10.9. The van der Waals surface area contributed by atoms with Crippen molar-refractivity contribution in [2.45, 2.75) is 19.6 Å². The molecular weight excluding hydrogens is 450 g/mol. The van der Waals surface area contributed by atoms with Gasteiger partial charge in [0.1, 0.15) is 0 Å². The third kappa shape index (κ3) is 9.99. The molecule has 3 aromatic rings. The fourth-order valence-electron chi connectivity index (χ4n) is 2.97. The average molecular weight is 474 g/mol. The smallest absolute Gasteiger partial charge is 0.269 e. The third-order valence-corrected chi connectivity index (χ3v) is 4.36. The molecule has 174 valence electrons. The molecule has 0 atom stereocenters. The van der Waals surface area contributed by atoms with E-state index in [0.29, 0.717) is 25.9 Å². The molecular formula is C22H23N3O7S. The maximum absolute atomic E-state index is 10.8. The van der Waals surface area contributed by atoms with E-state index in [1.807, 2.05) is 30.3 Å². The van der Waals surface area contributed by atoms with Gasteiger partial charge in [-0.2, -0.15) is 8.42 Å². The quantitative estimate of drug-likeness (QED) is 0.291. The number of hydrogen-bond acceptors (Lipinski definition) is 7. The molecule has 11 heteroatoms. The SMILES string of the molecule is CS(=O)(=O)O.O=[N+]([O-])c1ccc(CN(Cc2ccccc2)Cc2ccc([N+](=O)[O-])cc2)cc1. The van der Waals surface area contributed by atoms with Gasteiger partial charge in [-0.25, -0.2) is 0 Å². The topological polar surface area (TPSA) is 144 Å². The summed E-state index contributed by atoms with van der Waals surface area (Å²) in [5.41, 5.74) is 3.20. The fraction of sp³-hybridized carbons (Fsp3) is 0.182. The van der Waals surface area contributed by atoms with Crippen molar-refractivity contribution in [1.82, 2.24) is 4.90 Å². The first-order valence-corrected chi connectivity index (χ1v) is 11.5. The lowest BCUT2D eigenvalue weighted by Gasteiger charge is -2.23. The molecule has 0 aliphatic rings. The summed E-state index contributed by atoms with van der Waals surface area (Å²) in [4.78, 5) is 23.0. The zero-order chi connectivity index (χ0) is 24.4. The van der Waals surface area contributed by atoms with E-state index in [1.165, 1.54) is 24.3 Å². The molecule has 3 rings (SSSR count). The van der Waals surface area contributed by atoms with Gasteiger partial charge in [-0.15, -0.1) is 0 Å². The van der Waals surface area contributed by atoms with Crippen LogP contribution < -0.4 is 0 Å². The van der Waals surface area contributed by atoms with Crippen molar-refractivity contribution in [1.29, 1.82) is 0 Å². The monoisotopic (exact) mass is 473 g/mol. The predicted octanol–water partition coefficient (Wildman–Crippen LogP) is 4.21. The summed E-state index contributed by atoms with van der Waals surface area (Å²) in [5.74, 6) is 0. The Morgan fingerprint density at radius 1 is 0.697 bits per heavy atom. The summed E-state index contributed by atoms with van der Waals surface area (Å²) in [6, 6.07) is 23.0. The van der Waals surface area contributed by atoms with Crippen LogP contribution in [0.4, 0.5) is 11.4 Å². The molecule has 0 fully saturated rings. The Labute approximate surface area is 191 Å². The van der Waals surface area contributed by atoms with Gasteiger partial charge in [0.15, 0.2) is 0 Å². The van der Waals surface area contributed by atoms with Gasteiger partial charge < -0.3 is 0 Å². The molecule has 0 heterocycles. The van der Waals surface area contributed by atoms with Crippen LogP contribution in [0.15, 0.2) is 78.9 Å². The standard InChI is InChI=1S/C21H19N3O4.CH4O3S/c25-23(26)20-10-6-18(7-11-20)15-22(14-17-4-2-1-3-5-17)16-19-8-12-21(13-9-19)24(27)28;1-5(2,3)4/h1-13H,14-16H2;1H3,(H,2,3,4). The Morgan fingerprint density at radius 3 is 1.30 bits per heavy atom. The van der Waals surface area contributed by atoms with E-state index in [2.05, 4.69) is 4.90 Å². The summed E-state index contributed by atoms with van der Waals surface area (Å²) in [7, 11) is -3.67. The Bertz CT molecular complexity index is 1100. The Morgan fingerprint density at radius 2 is 1.00 bits per heavy atom. The number of nitro benzene ring substituents is 2. The van der Waals surface area contributed by atoms with Crippen LogP contribution in [0.25, 0.3) is 0 Å². The molecule has 33 heavy (non-hydrogen) atoms. The van der Waals surface area contributed by atoms with Gasteiger partial charge in [-0.3, -0.25) is 29.7 Å². The molecule has 0 aliphatic heterocycles. The van der Waals surface area contributed by atoms with E-state index in [1.54, 1.807) is 24.3 Å². The number of non-ortho nitro benzene ring substituents is 2. The second-order valence-corrected chi connectivity index (χ2v) is 8.68. The summed E-state index contributed by atoms with van der Waals surface area (Å²) < 4.78 is 25.9. The third-order valence-electron chi connectivity index (χ3n) is 4.36. The summed E-state index contributed by atoms with van der Waals surface area (Å²) in [5, 5.41) is 21.7. The van der Waals surface area contributed by atoms with Gasteiger partial charge in [0, 0.05) is 43.9 Å². The number of hydrogen-bond donors (Lipinski definition) is 1. The molecule has 0 aliphatic carbocycles. The molecule has 0 bridgehead atoms. The van der Waals surface area contributed by atoms with Crippen LogP contribution in [0.2, 0.25) is 0 Å². The minimum atomic E-state index is -3.67. The molecule has 0 saturated heterocycles. The van der Waals surface area contributed by atoms with Gasteiger partial charge in [0.05, 0.1) is 16.1 Å². The van der Waals surface area contributed by atoms with Crippen LogP contribution in [0, 0.1) is 20.2 Å². The zero-order valence-electron chi connectivity index (χ0n) is 17.8. The van der Waals surface area contributed by atoms with Crippen molar-refractivity contribution in [2.75, 3.05) is 6.26 Å². The molecule has 0 saturated carbocycles. The first kappa shape index (κ1) is 25.6. The van der Waals surface area contributed by atoms with Gasteiger partial charge in [0.2, 0.25) is 0 Å². The fourth-order valence-corrected chi connectivity index (χ4v) is 2.97. The van der Waals surface area contributed by atoms with Crippen LogP contribution in [-0.2, 0) is 29.8 Å². The molecule has 0 amide bonds. The van der Waals surface area contributed by atoms with Crippen molar-refractivity contribution < 1.29 is 22.8 Å². The molecule has 0 aromatic heterocycles. The van der Waals surface area contributed by atoms with E-state index < -0.39 is 20.0 Å². The van der Waals surface area contributed by atoms with Crippen molar-refractivity contribution >= 4 is 21.5 Å². The highest BCUT2D eigenvalue weighted by molar-refractivity contribution is 7.85. The van der Waals surface area contributed by atoms with Gasteiger partial charge in [-0.05, 0) is 16.7 Å². The molecule has 3 aromatic carbocycles. The van der Waals surface area contributed by atoms with Crippen molar-refractivity contribution in [3.8, 4) is 0 Å². The van der Waals surface area contributed by atoms with E-state index >= 15 is 0 Å². The Hall–Kier alpha value is -3.67. The number of nitro groups is 2. The molecule has 10 nitrogen and oxygen atoms in total. The van der Waals surface area contributed by atoms with Gasteiger partial charge >= 0.3 is 0 Å². The maximum Gasteiger partial charge on any atom is 0.269 e. The lowest BCUT2D eigenvalue weighted by atomic mass is 10.1. The highest BCUT2D eigenvalue weighted by atomic mass is 32.2. The Kier molecular flexibility index (Phi) is 9.16. The highest BCUT2D eigenvalue weighted by Gasteiger charge is 2.12. The van der Waals surface area contributed by atoms with E-state index in [-0.39, 0.29) is 11.4 Å². The van der Waals surface area contributed by atoms with Crippen molar-refractivity contribution in [3.05, 3.63) is 116 Å². The van der Waals surface area contributed by atoms with E-state index in [0.717, 1.165) is 16.7 Å². The predicted molar refractivity (Wildman–Crippen MR) is 123 cm³/mol. The first-order valence-electron chi connectivity index (χ1n) is 9.66.